The summed E-state index contributed by atoms with van der Waals surface area (Å²) in [5, 5.41) is 9.55. The summed E-state index contributed by atoms with van der Waals surface area (Å²) in [5.41, 5.74) is 0. The maximum absolute atomic E-state index is 11.1. The minimum absolute atomic E-state index is 0.260. The average molecular weight is 172 g/mol. The van der Waals surface area contributed by atoms with Crippen LogP contribution in [0, 0.1) is 5.92 Å². The molecule has 0 aromatic carbocycles. The molecule has 0 amide bonds. The molecule has 2 unspecified atom stereocenters. The van der Waals surface area contributed by atoms with Gasteiger partial charge in [-0.15, -0.1) is 0 Å². The number of ether oxygens (including phenoxy) is 1. The van der Waals surface area contributed by atoms with Crippen LogP contribution in [0.4, 0.5) is 0 Å². The van der Waals surface area contributed by atoms with Crippen molar-refractivity contribution in [3.05, 3.63) is 0 Å². The smallest absolute Gasteiger partial charge is 0.311 e. The topological polar surface area (TPSA) is 46.5 Å². The highest BCUT2D eigenvalue weighted by Gasteiger charge is 2.28. The van der Waals surface area contributed by atoms with E-state index < -0.39 is 6.10 Å². The molecule has 1 rings (SSSR count). The van der Waals surface area contributed by atoms with Gasteiger partial charge in [0.05, 0.1) is 19.1 Å². The molecule has 2 atom stereocenters. The summed E-state index contributed by atoms with van der Waals surface area (Å²) in [5.74, 6) is -0.540. The van der Waals surface area contributed by atoms with Crippen LogP contribution >= 0.6 is 0 Å². The third-order valence-electron chi connectivity index (χ3n) is 2.48. The SMILES string of the molecule is COC(=O)C1CCCCCC1O. The zero-order chi connectivity index (χ0) is 8.97. The lowest BCUT2D eigenvalue weighted by atomic mass is 9.98. The lowest BCUT2D eigenvalue weighted by Gasteiger charge is -2.16. The Hall–Kier alpha value is -0.570. The third kappa shape index (κ3) is 2.21. The molecular formula is C9H16O3. The molecule has 0 heterocycles. The van der Waals surface area contributed by atoms with Crippen molar-refractivity contribution in [2.75, 3.05) is 7.11 Å². The molecule has 1 fully saturated rings. The number of aliphatic hydroxyl groups is 1. The number of rotatable bonds is 1. The summed E-state index contributed by atoms with van der Waals surface area (Å²) in [6, 6.07) is 0. The van der Waals surface area contributed by atoms with E-state index in [-0.39, 0.29) is 11.9 Å². The molecule has 1 aliphatic carbocycles. The molecule has 70 valence electrons. The van der Waals surface area contributed by atoms with Crippen LogP contribution in [0.25, 0.3) is 0 Å². The minimum Gasteiger partial charge on any atom is -0.469 e. The van der Waals surface area contributed by atoms with Crippen LogP contribution in [0.5, 0.6) is 0 Å². The van der Waals surface area contributed by atoms with Crippen LogP contribution in [0.3, 0.4) is 0 Å². The largest absolute Gasteiger partial charge is 0.469 e. The quantitative estimate of drug-likeness (QED) is 0.476. The number of carbonyl (C=O) groups is 1. The molecule has 3 heteroatoms. The van der Waals surface area contributed by atoms with Crippen LogP contribution in [-0.4, -0.2) is 24.3 Å². The number of hydrogen-bond donors (Lipinski definition) is 1. The highest BCUT2D eigenvalue weighted by molar-refractivity contribution is 5.72. The summed E-state index contributed by atoms with van der Waals surface area (Å²) in [4.78, 5) is 11.1. The van der Waals surface area contributed by atoms with E-state index in [9.17, 15) is 9.90 Å². The van der Waals surface area contributed by atoms with Crippen molar-refractivity contribution in [1.29, 1.82) is 0 Å². The second-order valence-electron chi connectivity index (χ2n) is 3.34. The van der Waals surface area contributed by atoms with Crippen LogP contribution in [0.15, 0.2) is 0 Å². The predicted molar refractivity (Wildman–Crippen MR) is 44.6 cm³/mol. The van der Waals surface area contributed by atoms with Gasteiger partial charge in [0.1, 0.15) is 0 Å². The second kappa shape index (κ2) is 4.45. The number of hydrogen-bond acceptors (Lipinski definition) is 3. The van der Waals surface area contributed by atoms with Gasteiger partial charge < -0.3 is 9.84 Å². The molecule has 0 aromatic rings. The van der Waals surface area contributed by atoms with Gasteiger partial charge in [-0.1, -0.05) is 19.3 Å². The van der Waals surface area contributed by atoms with E-state index in [0.717, 1.165) is 32.1 Å². The van der Waals surface area contributed by atoms with Crippen LogP contribution in [0.1, 0.15) is 32.1 Å². The van der Waals surface area contributed by atoms with Crippen molar-refractivity contribution >= 4 is 5.97 Å². The monoisotopic (exact) mass is 172 g/mol. The highest BCUT2D eigenvalue weighted by Crippen LogP contribution is 2.24. The first-order valence-electron chi connectivity index (χ1n) is 4.51. The van der Waals surface area contributed by atoms with E-state index in [1.807, 2.05) is 0 Å². The summed E-state index contributed by atoms with van der Waals surface area (Å²) < 4.78 is 4.62. The first-order valence-corrected chi connectivity index (χ1v) is 4.51. The lowest BCUT2D eigenvalue weighted by molar-refractivity contribution is -0.149. The molecule has 0 radical (unpaired) electrons. The highest BCUT2D eigenvalue weighted by atomic mass is 16.5. The number of aliphatic hydroxyl groups excluding tert-OH is 1. The van der Waals surface area contributed by atoms with E-state index in [4.69, 9.17) is 0 Å². The number of carbonyl (C=O) groups excluding carboxylic acids is 1. The van der Waals surface area contributed by atoms with Gasteiger partial charge in [-0.3, -0.25) is 4.79 Å². The van der Waals surface area contributed by atoms with Gasteiger partial charge in [-0.25, -0.2) is 0 Å². The Morgan fingerprint density at radius 3 is 2.67 bits per heavy atom. The molecule has 0 saturated heterocycles. The number of methoxy groups -OCH3 is 1. The zero-order valence-corrected chi connectivity index (χ0v) is 7.45. The van der Waals surface area contributed by atoms with Crippen LogP contribution in [-0.2, 0) is 9.53 Å². The molecule has 0 aliphatic heterocycles. The maximum Gasteiger partial charge on any atom is 0.311 e. The fraction of sp³-hybridized carbons (Fsp3) is 0.889. The Bertz CT molecular complexity index is 156. The van der Waals surface area contributed by atoms with Gasteiger partial charge in [0.2, 0.25) is 0 Å². The van der Waals surface area contributed by atoms with E-state index in [2.05, 4.69) is 4.74 Å². The van der Waals surface area contributed by atoms with Gasteiger partial charge in [0.25, 0.3) is 0 Å². The van der Waals surface area contributed by atoms with Crippen molar-refractivity contribution in [2.45, 2.75) is 38.2 Å². The number of esters is 1. The molecule has 1 N–H and O–H groups in total. The Labute approximate surface area is 72.7 Å². The predicted octanol–water partition coefficient (Wildman–Crippen LogP) is 1.10. The molecule has 0 bridgehead atoms. The van der Waals surface area contributed by atoms with Gasteiger partial charge in [0, 0.05) is 0 Å². The Kier molecular flexibility index (Phi) is 3.53. The van der Waals surface area contributed by atoms with E-state index in [1.165, 1.54) is 7.11 Å². The molecule has 1 saturated carbocycles. The van der Waals surface area contributed by atoms with Crippen molar-refractivity contribution < 1.29 is 14.6 Å². The van der Waals surface area contributed by atoms with E-state index >= 15 is 0 Å². The van der Waals surface area contributed by atoms with Crippen LogP contribution in [0.2, 0.25) is 0 Å². The lowest BCUT2D eigenvalue weighted by Crippen LogP contribution is -2.28. The standard InChI is InChI=1S/C9H16O3/c1-12-9(11)7-5-3-2-4-6-8(7)10/h7-8,10H,2-6H2,1H3. The van der Waals surface area contributed by atoms with E-state index in [0.29, 0.717) is 0 Å². The summed E-state index contributed by atoms with van der Waals surface area (Å²) in [6.07, 6.45) is 4.18. The minimum atomic E-state index is -0.486. The molecule has 3 nitrogen and oxygen atoms in total. The second-order valence-corrected chi connectivity index (χ2v) is 3.34. The summed E-state index contributed by atoms with van der Waals surface area (Å²) in [6.45, 7) is 0. The first-order chi connectivity index (χ1) is 5.75. The average Bonchev–Trinajstić information content (AvgIpc) is 2.28. The summed E-state index contributed by atoms with van der Waals surface area (Å²) in [7, 11) is 1.37. The van der Waals surface area contributed by atoms with E-state index in [1.54, 1.807) is 0 Å². The third-order valence-corrected chi connectivity index (χ3v) is 2.48. The zero-order valence-electron chi connectivity index (χ0n) is 7.45. The molecule has 0 spiro atoms. The Balaban J connectivity index is 2.52. The summed E-state index contributed by atoms with van der Waals surface area (Å²) >= 11 is 0. The van der Waals surface area contributed by atoms with Crippen molar-refractivity contribution in [3.8, 4) is 0 Å². The van der Waals surface area contributed by atoms with Gasteiger partial charge in [-0.2, -0.15) is 0 Å². The van der Waals surface area contributed by atoms with Gasteiger partial charge >= 0.3 is 5.97 Å². The molecule has 0 aromatic heterocycles. The van der Waals surface area contributed by atoms with Crippen molar-refractivity contribution in [1.82, 2.24) is 0 Å². The molecule has 1 aliphatic rings. The van der Waals surface area contributed by atoms with Crippen LogP contribution < -0.4 is 0 Å². The van der Waals surface area contributed by atoms with Crippen molar-refractivity contribution in [2.24, 2.45) is 5.92 Å². The van der Waals surface area contributed by atoms with Gasteiger partial charge in [-0.05, 0) is 12.8 Å². The van der Waals surface area contributed by atoms with Gasteiger partial charge in [0.15, 0.2) is 0 Å². The molecule has 12 heavy (non-hydrogen) atoms. The molecular weight excluding hydrogens is 156 g/mol. The fourth-order valence-corrected chi connectivity index (χ4v) is 1.71. The first kappa shape index (κ1) is 9.52. The Morgan fingerprint density at radius 2 is 2.00 bits per heavy atom. The van der Waals surface area contributed by atoms with Crippen molar-refractivity contribution in [3.63, 3.8) is 0 Å². The fourth-order valence-electron chi connectivity index (χ4n) is 1.71. The Morgan fingerprint density at radius 1 is 1.33 bits per heavy atom. The normalized spacial score (nSPS) is 30.8. The maximum atomic E-state index is 11.1.